The van der Waals surface area contributed by atoms with Crippen LogP contribution in [0.25, 0.3) is 0 Å². The minimum atomic E-state index is -0.783. The highest BCUT2D eigenvalue weighted by Gasteiger charge is 2.19. The molecule has 0 aromatic heterocycles. The molecule has 0 aromatic carbocycles. The van der Waals surface area contributed by atoms with Gasteiger partial charge >= 0.3 is 17.9 Å². The van der Waals surface area contributed by atoms with E-state index in [4.69, 9.17) is 14.2 Å². The number of unbranched alkanes of at least 4 members (excludes halogenated alkanes) is 31. The summed E-state index contributed by atoms with van der Waals surface area (Å²) in [6, 6.07) is 0. The fourth-order valence-corrected chi connectivity index (χ4v) is 9.01. The van der Waals surface area contributed by atoms with E-state index in [1.54, 1.807) is 0 Å². The number of carbonyl (C=O) groups is 3. The molecular formula is C70H120O6. The SMILES string of the molecule is CC/C=C\C/C=C\C/C=C\C/C=C\C/C=C\CCCCCCCCCCCCCCCC(=O)OCC(COC(=O)CCCCCCCCCC)OC(=O)CCCCCCCC/C=C\C/C=C\C/C=C\CCCCCCC. The normalized spacial score (nSPS) is 12.7. The van der Waals surface area contributed by atoms with E-state index in [9.17, 15) is 14.4 Å². The van der Waals surface area contributed by atoms with Crippen LogP contribution in [-0.4, -0.2) is 37.2 Å². The molecule has 0 heterocycles. The van der Waals surface area contributed by atoms with Crippen molar-refractivity contribution >= 4 is 17.9 Å². The predicted octanol–water partition coefficient (Wildman–Crippen LogP) is 22.0. The number of hydrogen-bond donors (Lipinski definition) is 0. The highest BCUT2D eigenvalue weighted by Crippen LogP contribution is 2.16. The third kappa shape index (κ3) is 61.2. The van der Waals surface area contributed by atoms with Crippen molar-refractivity contribution in [3.05, 3.63) is 97.2 Å². The molecule has 6 nitrogen and oxygen atoms in total. The number of ether oxygens (including phenoxy) is 3. The van der Waals surface area contributed by atoms with Crippen LogP contribution in [0.3, 0.4) is 0 Å². The third-order valence-electron chi connectivity index (χ3n) is 13.8. The third-order valence-corrected chi connectivity index (χ3v) is 13.8. The lowest BCUT2D eigenvalue weighted by Gasteiger charge is -2.18. The molecule has 0 radical (unpaired) electrons. The van der Waals surface area contributed by atoms with Crippen molar-refractivity contribution in [2.24, 2.45) is 0 Å². The van der Waals surface area contributed by atoms with Gasteiger partial charge in [0.25, 0.3) is 0 Å². The minimum absolute atomic E-state index is 0.0807. The molecule has 0 fully saturated rings. The maximum Gasteiger partial charge on any atom is 0.306 e. The Morgan fingerprint density at radius 1 is 0.276 bits per heavy atom. The van der Waals surface area contributed by atoms with Gasteiger partial charge in [-0.1, -0.05) is 285 Å². The van der Waals surface area contributed by atoms with Crippen LogP contribution in [0.4, 0.5) is 0 Å². The van der Waals surface area contributed by atoms with E-state index >= 15 is 0 Å². The molecule has 0 aliphatic rings. The van der Waals surface area contributed by atoms with Crippen LogP contribution in [0.2, 0.25) is 0 Å². The maximum absolute atomic E-state index is 12.9. The van der Waals surface area contributed by atoms with E-state index in [2.05, 4.69) is 118 Å². The molecule has 436 valence electrons. The average molecular weight is 1060 g/mol. The summed E-state index contributed by atoms with van der Waals surface area (Å²) in [5, 5.41) is 0. The highest BCUT2D eigenvalue weighted by atomic mass is 16.6. The van der Waals surface area contributed by atoms with Crippen molar-refractivity contribution in [3.63, 3.8) is 0 Å². The molecule has 0 amide bonds. The molecule has 0 spiro atoms. The molecule has 0 aliphatic heterocycles. The zero-order valence-electron chi connectivity index (χ0n) is 50.0. The number of rotatable bonds is 58. The van der Waals surface area contributed by atoms with Gasteiger partial charge in [0, 0.05) is 19.3 Å². The van der Waals surface area contributed by atoms with Gasteiger partial charge in [-0.05, 0) is 103 Å². The second-order valence-electron chi connectivity index (χ2n) is 21.3. The molecule has 76 heavy (non-hydrogen) atoms. The van der Waals surface area contributed by atoms with E-state index in [0.29, 0.717) is 19.3 Å². The van der Waals surface area contributed by atoms with Crippen LogP contribution < -0.4 is 0 Å². The summed E-state index contributed by atoms with van der Waals surface area (Å²) in [6.07, 6.45) is 85.7. The molecular weight excluding hydrogens is 937 g/mol. The molecule has 0 saturated carbocycles. The largest absolute Gasteiger partial charge is 0.462 e. The van der Waals surface area contributed by atoms with Crippen molar-refractivity contribution in [2.75, 3.05) is 13.2 Å². The van der Waals surface area contributed by atoms with Crippen LogP contribution in [-0.2, 0) is 28.6 Å². The van der Waals surface area contributed by atoms with Crippen molar-refractivity contribution in [1.29, 1.82) is 0 Å². The van der Waals surface area contributed by atoms with E-state index < -0.39 is 6.10 Å². The second-order valence-corrected chi connectivity index (χ2v) is 21.3. The van der Waals surface area contributed by atoms with E-state index in [1.165, 1.54) is 154 Å². The van der Waals surface area contributed by atoms with Crippen molar-refractivity contribution in [3.8, 4) is 0 Å². The monoisotopic (exact) mass is 1060 g/mol. The number of esters is 3. The Balaban J connectivity index is 4.17. The Bertz CT molecular complexity index is 1490. The summed E-state index contributed by atoms with van der Waals surface area (Å²) in [7, 11) is 0. The minimum Gasteiger partial charge on any atom is -0.462 e. The van der Waals surface area contributed by atoms with Crippen LogP contribution in [0.5, 0.6) is 0 Å². The molecule has 0 bridgehead atoms. The Labute approximate surface area is 470 Å². The molecule has 1 atom stereocenters. The first-order valence-corrected chi connectivity index (χ1v) is 32.2. The first kappa shape index (κ1) is 72.3. The van der Waals surface area contributed by atoms with Gasteiger partial charge in [-0.2, -0.15) is 0 Å². The van der Waals surface area contributed by atoms with Crippen molar-refractivity contribution in [1.82, 2.24) is 0 Å². The van der Waals surface area contributed by atoms with E-state index in [0.717, 1.165) is 116 Å². The fraction of sp³-hybridized carbons (Fsp3) is 0.729. The Hall–Kier alpha value is -3.67. The fourth-order valence-electron chi connectivity index (χ4n) is 9.01. The highest BCUT2D eigenvalue weighted by molar-refractivity contribution is 5.71. The molecule has 6 heteroatoms. The molecule has 0 saturated heterocycles. The molecule has 0 rings (SSSR count). The van der Waals surface area contributed by atoms with E-state index in [-0.39, 0.29) is 31.1 Å². The lowest BCUT2D eigenvalue weighted by molar-refractivity contribution is -0.167. The first-order valence-electron chi connectivity index (χ1n) is 32.2. The number of allylic oxidation sites excluding steroid dienone is 16. The summed E-state index contributed by atoms with van der Waals surface area (Å²) >= 11 is 0. The lowest BCUT2D eigenvalue weighted by atomic mass is 10.0. The quantitative estimate of drug-likeness (QED) is 0.0261. The second kappa shape index (κ2) is 63.9. The van der Waals surface area contributed by atoms with Gasteiger partial charge in [0.2, 0.25) is 0 Å². The van der Waals surface area contributed by atoms with Gasteiger partial charge in [-0.25, -0.2) is 0 Å². The topological polar surface area (TPSA) is 78.9 Å². The van der Waals surface area contributed by atoms with Gasteiger partial charge < -0.3 is 14.2 Å². The summed E-state index contributed by atoms with van der Waals surface area (Å²) in [6.45, 7) is 6.50. The van der Waals surface area contributed by atoms with E-state index in [1.807, 2.05) is 0 Å². The summed E-state index contributed by atoms with van der Waals surface area (Å²) in [5.74, 6) is -0.890. The number of carbonyl (C=O) groups excluding carboxylic acids is 3. The molecule has 0 aromatic rings. The van der Waals surface area contributed by atoms with Gasteiger partial charge in [-0.3, -0.25) is 14.4 Å². The number of hydrogen-bond acceptors (Lipinski definition) is 6. The Kier molecular flexibility index (Phi) is 60.8. The molecule has 0 aliphatic carbocycles. The van der Waals surface area contributed by atoms with Gasteiger partial charge in [0.15, 0.2) is 6.10 Å². The average Bonchev–Trinajstić information content (AvgIpc) is 3.42. The van der Waals surface area contributed by atoms with Crippen LogP contribution >= 0.6 is 0 Å². The Morgan fingerprint density at radius 2 is 0.513 bits per heavy atom. The predicted molar refractivity (Wildman–Crippen MR) is 330 cm³/mol. The van der Waals surface area contributed by atoms with Gasteiger partial charge in [0.1, 0.15) is 13.2 Å². The maximum atomic E-state index is 12.9. The van der Waals surface area contributed by atoms with Crippen molar-refractivity contribution in [2.45, 2.75) is 316 Å². The zero-order chi connectivity index (χ0) is 55.0. The molecule has 0 N–H and O–H groups in total. The summed E-state index contributed by atoms with van der Waals surface area (Å²) in [5.41, 5.74) is 0. The van der Waals surface area contributed by atoms with Crippen molar-refractivity contribution < 1.29 is 28.6 Å². The zero-order valence-corrected chi connectivity index (χ0v) is 50.0. The Morgan fingerprint density at radius 3 is 0.803 bits per heavy atom. The summed E-state index contributed by atoms with van der Waals surface area (Å²) < 4.78 is 16.9. The van der Waals surface area contributed by atoms with Crippen LogP contribution in [0.1, 0.15) is 310 Å². The van der Waals surface area contributed by atoms with Gasteiger partial charge in [-0.15, -0.1) is 0 Å². The smallest absolute Gasteiger partial charge is 0.306 e. The standard InChI is InChI=1S/C70H120O6/c1-4-7-10-13-16-19-21-23-25-27-29-31-32-33-34-35-36-37-38-40-41-43-45-47-49-51-54-57-60-63-69(72)75-66-67(65-74-68(71)62-59-56-53-18-15-12-9-6-3)76-70(73)64-61-58-55-52-50-48-46-44-42-39-30-28-26-24-22-20-17-14-11-8-5-2/h7,10,16,19,22-25,28-31,33-34,42,44,67H,4-6,8-9,11-15,17-18,20-21,26-27,32,35-41,43,45-66H2,1-3H3/b10-7-,19-16-,24-22-,25-23-,30-28-,31-29-,34-33-,44-42-. The van der Waals surface area contributed by atoms with Gasteiger partial charge in [0.05, 0.1) is 0 Å². The van der Waals surface area contributed by atoms with Crippen LogP contribution in [0.15, 0.2) is 97.2 Å². The molecule has 1 unspecified atom stereocenters. The summed E-state index contributed by atoms with van der Waals surface area (Å²) in [4.78, 5) is 38.1. The first-order chi connectivity index (χ1) is 37.5. The van der Waals surface area contributed by atoms with Crippen LogP contribution in [0, 0.1) is 0 Å². The lowest BCUT2D eigenvalue weighted by Crippen LogP contribution is -2.30.